The van der Waals surface area contributed by atoms with Crippen LogP contribution in [0.1, 0.15) is 22.4 Å². The number of nitrogens with two attached hydrogens (primary N) is 1. The van der Waals surface area contributed by atoms with E-state index in [-0.39, 0.29) is 25.7 Å². The number of aromatic amines is 3. The van der Waals surface area contributed by atoms with Gasteiger partial charge in [0.15, 0.2) is 0 Å². The molecule has 3 aromatic heterocycles. The van der Waals surface area contributed by atoms with Gasteiger partial charge in [0, 0.05) is 65.4 Å². The Kier molecular flexibility index (Phi) is 10.3. The molecule has 256 valence electrons. The van der Waals surface area contributed by atoms with Gasteiger partial charge in [0.25, 0.3) is 0 Å². The highest BCUT2D eigenvalue weighted by atomic mass is 16.4. The van der Waals surface area contributed by atoms with Crippen LogP contribution in [0.15, 0.2) is 104 Å². The van der Waals surface area contributed by atoms with Gasteiger partial charge in [0.05, 0.1) is 12.4 Å². The van der Waals surface area contributed by atoms with Crippen molar-refractivity contribution >= 4 is 45.5 Å². The topological polar surface area (TPSA) is 211 Å². The number of hydrogen-bond acceptors (Lipinski definition) is 6. The van der Waals surface area contributed by atoms with Crippen molar-refractivity contribution in [3.8, 4) is 0 Å². The summed E-state index contributed by atoms with van der Waals surface area (Å²) in [5.74, 6) is -3.11. The molecule has 50 heavy (non-hydrogen) atoms. The number of carbonyl (C=O) groups is 4. The lowest BCUT2D eigenvalue weighted by atomic mass is 10.0. The van der Waals surface area contributed by atoms with E-state index in [1.807, 2.05) is 85.1 Å². The van der Waals surface area contributed by atoms with Crippen molar-refractivity contribution in [3.63, 3.8) is 0 Å². The van der Waals surface area contributed by atoms with Crippen molar-refractivity contribution in [2.24, 2.45) is 5.73 Å². The van der Waals surface area contributed by atoms with Gasteiger partial charge < -0.3 is 41.7 Å². The summed E-state index contributed by atoms with van der Waals surface area (Å²) in [5, 5.41) is 20.0. The van der Waals surface area contributed by atoms with Crippen LogP contribution < -0.4 is 21.7 Å². The summed E-state index contributed by atoms with van der Waals surface area (Å²) >= 11 is 0. The van der Waals surface area contributed by atoms with Gasteiger partial charge in [-0.3, -0.25) is 14.4 Å². The van der Waals surface area contributed by atoms with Crippen molar-refractivity contribution in [3.05, 3.63) is 126 Å². The number of aromatic nitrogens is 4. The van der Waals surface area contributed by atoms with Crippen molar-refractivity contribution in [1.29, 1.82) is 0 Å². The highest BCUT2D eigenvalue weighted by Gasteiger charge is 2.31. The van der Waals surface area contributed by atoms with Crippen LogP contribution in [0.2, 0.25) is 0 Å². The molecule has 0 aliphatic rings. The van der Waals surface area contributed by atoms with E-state index in [1.165, 1.54) is 12.5 Å². The number of fused-ring (bicyclic) bond motifs is 2. The summed E-state index contributed by atoms with van der Waals surface area (Å²) in [7, 11) is 0. The number of benzene rings is 3. The van der Waals surface area contributed by atoms with Crippen LogP contribution in [0.3, 0.4) is 0 Å². The summed E-state index contributed by atoms with van der Waals surface area (Å²) in [6.45, 7) is 0. The summed E-state index contributed by atoms with van der Waals surface area (Å²) in [6, 6.07) is 19.7. The minimum atomic E-state index is -1.29. The van der Waals surface area contributed by atoms with Crippen LogP contribution in [0.25, 0.3) is 21.8 Å². The number of para-hydroxylation sites is 2. The Balaban J connectivity index is 1.19. The lowest BCUT2D eigenvalue weighted by molar-refractivity contribution is -0.142. The predicted molar refractivity (Wildman–Crippen MR) is 188 cm³/mol. The van der Waals surface area contributed by atoms with Gasteiger partial charge >= 0.3 is 5.97 Å². The van der Waals surface area contributed by atoms with E-state index < -0.39 is 47.9 Å². The van der Waals surface area contributed by atoms with E-state index in [1.54, 1.807) is 6.20 Å². The largest absolute Gasteiger partial charge is 0.480 e. The molecule has 0 aliphatic heterocycles. The van der Waals surface area contributed by atoms with E-state index >= 15 is 0 Å². The number of nitrogens with zero attached hydrogens (tertiary/aromatic N) is 1. The second-order valence-corrected chi connectivity index (χ2v) is 12.2. The van der Waals surface area contributed by atoms with Gasteiger partial charge in [-0.2, -0.15) is 0 Å². The number of carboxylic acids is 1. The molecule has 4 atom stereocenters. The second kappa shape index (κ2) is 15.3. The Morgan fingerprint density at radius 3 is 1.78 bits per heavy atom. The summed E-state index contributed by atoms with van der Waals surface area (Å²) in [5.41, 5.74) is 11.0. The molecule has 13 nitrogen and oxygen atoms in total. The summed E-state index contributed by atoms with van der Waals surface area (Å²) < 4.78 is 0. The molecule has 0 spiro atoms. The third-order valence-electron chi connectivity index (χ3n) is 8.69. The maximum absolute atomic E-state index is 14.0. The van der Waals surface area contributed by atoms with Crippen LogP contribution in [0, 0.1) is 0 Å². The van der Waals surface area contributed by atoms with Gasteiger partial charge in [-0.05, 0) is 35.2 Å². The smallest absolute Gasteiger partial charge is 0.326 e. The summed E-state index contributed by atoms with van der Waals surface area (Å²) in [6.07, 6.45) is 6.84. The van der Waals surface area contributed by atoms with Crippen molar-refractivity contribution in [2.45, 2.75) is 49.9 Å². The number of rotatable bonds is 15. The number of carbonyl (C=O) groups excluding carboxylic acids is 3. The fourth-order valence-electron chi connectivity index (χ4n) is 6.06. The van der Waals surface area contributed by atoms with Gasteiger partial charge in [-0.1, -0.05) is 66.7 Å². The van der Waals surface area contributed by atoms with E-state index in [4.69, 9.17) is 5.73 Å². The fraction of sp³-hybridized carbons (Fsp3) is 0.216. The van der Waals surface area contributed by atoms with E-state index in [2.05, 4.69) is 35.9 Å². The second-order valence-electron chi connectivity index (χ2n) is 12.2. The molecule has 0 saturated carbocycles. The zero-order valence-electron chi connectivity index (χ0n) is 27.1. The fourth-order valence-corrected chi connectivity index (χ4v) is 6.06. The first-order valence-electron chi connectivity index (χ1n) is 16.3. The van der Waals surface area contributed by atoms with Crippen LogP contribution in [-0.4, -0.2) is 72.9 Å². The monoisotopic (exact) mass is 674 g/mol. The standard InChI is InChI=1S/C37H38N8O5/c38-28(15-23-18-40-29-12-6-4-10-26(23)29)34(46)43-31(14-22-8-2-1-3-9-22)35(47)44-32(17-25-20-39-21-42-25)36(48)45-33(37(49)50)16-24-19-41-30-13-7-5-11-27(24)30/h1-13,18-21,28,31-33,40-41H,14-17,38H2,(H,39,42)(H,43,46)(H,44,47)(H,45,48)(H,49,50). The van der Waals surface area contributed by atoms with Gasteiger partial charge in [0.2, 0.25) is 17.7 Å². The maximum atomic E-state index is 14.0. The number of aliphatic carboxylic acids is 1. The lowest BCUT2D eigenvalue weighted by Gasteiger charge is -2.25. The predicted octanol–water partition coefficient (Wildman–Crippen LogP) is 2.51. The average Bonchev–Trinajstić information content (AvgIpc) is 3.89. The lowest BCUT2D eigenvalue weighted by Crippen LogP contribution is -2.58. The molecule has 3 aromatic carbocycles. The van der Waals surface area contributed by atoms with E-state index in [9.17, 15) is 24.3 Å². The van der Waals surface area contributed by atoms with E-state index in [0.29, 0.717) is 5.69 Å². The molecule has 0 saturated heterocycles. The van der Waals surface area contributed by atoms with Crippen molar-refractivity contribution < 1.29 is 24.3 Å². The molecule has 3 amide bonds. The molecule has 6 rings (SSSR count). The number of nitrogens with one attached hydrogen (secondary N) is 6. The molecule has 6 aromatic rings. The first-order valence-corrected chi connectivity index (χ1v) is 16.3. The Labute approximate surface area is 287 Å². The van der Waals surface area contributed by atoms with Crippen molar-refractivity contribution in [1.82, 2.24) is 35.9 Å². The molecule has 3 heterocycles. The van der Waals surface area contributed by atoms with Crippen molar-refractivity contribution in [2.75, 3.05) is 0 Å². The zero-order valence-corrected chi connectivity index (χ0v) is 27.1. The Bertz CT molecular complexity index is 2090. The Hall–Kier alpha value is -6.21. The SMILES string of the molecule is NC(Cc1c[nH]c2ccccc12)C(=O)NC(Cc1ccccc1)C(=O)NC(Cc1cnc[nH]1)C(=O)NC(Cc1c[nH]c2ccccc12)C(=O)O. The minimum Gasteiger partial charge on any atom is -0.480 e. The first-order chi connectivity index (χ1) is 24.2. The molecule has 9 N–H and O–H groups in total. The van der Waals surface area contributed by atoms with Crippen LogP contribution in [0.5, 0.6) is 0 Å². The molecular weight excluding hydrogens is 636 g/mol. The minimum absolute atomic E-state index is 0.0107. The molecule has 4 unspecified atom stereocenters. The third kappa shape index (κ3) is 8.08. The zero-order chi connectivity index (χ0) is 35.0. The number of hydrogen-bond donors (Lipinski definition) is 8. The molecule has 13 heteroatoms. The van der Waals surface area contributed by atoms with Crippen LogP contribution >= 0.6 is 0 Å². The maximum Gasteiger partial charge on any atom is 0.326 e. The molecule has 0 radical (unpaired) electrons. The quantitative estimate of drug-likeness (QED) is 0.0815. The number of H-pyrrole nitrogens is 3. The Morgan fingerprint density at radius 2 is 1.18 bits per heavy atom. The van der Waals surface area contributed by atoms with Crippen LogP contribution in [0.4, 0.5) is 0 Å². The van der Waals surface area contributed by atoms with Gasteiger partial charge in [-0.15, -0.1) is 0 Å². The van der Waals surface area contributed by atoms with Gasteiger partial charge in [-0.25, -0.2) is 9.78 Å². The molecule has 0 bridgehead atoms. The summed E-state index contributed by atoms with van der Waals surface area (Å²) in [4.78, 5) is 66.8. The van der Waals surface area contributed by atoms with E-state index in [0.717, 1.165) is 38.5 Å². The van der Waals surface area contributed by atoms with Gasteiger partial charge in [0.1, 0.15) is 18.1 Å². The normalized spacial score (nSPS) is 13.7. The molecule has 0 aliphatic carbocycles. The number of amides is 3. The number of imidazole rings is 1. The van der Waals surface area contributed by atoms with Crippen LogP contribution in [-0.2, 0) is 44.9 Å². The third-order valence-corrected chi connectivity index (χ3v) is 8.69. The first kappa shape index (κ1) is 33.7. The highest BCUT2D eigenvalue weighted by molar-refractivity contribution is 5.95. The molecular formula is C37H38N8O5. The average molecular weight is 675 g/mol. The molecule has 0 fully saturated rings. The number of carboxylic acid groups (broad SMARTS) is 1. The highest BCUT2D eigenvalue weighted by Crippen LogP contribution is 2.20. The Morgan fingerprint density at radius 1 is 0.640 bits per heavy atom.